The summed E-state index contributed by atoms with van der Waals surface area (Å²) in [5, 5.41) is 0. The second-order valence-electron chi connectivity index (χ2n) is 11.4. The number of nitrogens with two attached hydrogens (primary N) is 2. The van der Waals surface area contributed by atoms with E-state index in [9.17, 15) is 9.59 Å². The lowest BCUT2D eigenvalue weighted by molar-refractivity contribution is 0.0881. The Bertz CT molecular complexity index is 2240. The lowest BCUT2D eigenvalue weighted by Crippen LogP contribution is -2.36. The van der Waals surface area contributed by atoms with Gasteiger partial charge in [0.2, 0.25) is 11.8 Å². The number of fused-ring (bicyclic) bond motifs is 8. The number of hydrogen-bond acceptors (Lipinski definition) is 6. The predicted molar refractivity (Wildman–Crippen MR) is 184 cm³/mol. The van der Waals surface area contributed by atoms with Gasteiger partial charge < -0.3 is 11.5 Å². The molecule has 2 atom stereocenters. The van der Waals surface area contributed by atoms with Gasteiger partial charge in [0, 0.05) is 0 Å². The van der Waals surface area contributed by atoms with Crippen LogP contribution in [0.4, 0.5) is 0 Å². The van der Waals surface area contributed by atoms with Crippen molar-refractivity contribution < 1.29 is 11.0 Å². The quantitative estimate of drug-likeness (QED) is 0.239. The summed E-state index contributed by atoms with van der Waals surface area (Å²) in [6, 6.07) is 30.3. The first-order chi connectivity index (χ1) is 22.8. The maximum atomic E-state index is 13.9. The molecule has 7 rings (SSSR count). The third kappa shape index (κ3) is 5.99. The van der Waals surface area contributed by atoms with Gasteiger partial charge in [-0.3, -0.25) is 18.7 Å². The molecule has 0 saturated heterocycles. The van der Waals surface area contributed by atoms with Gasteiger partial charge in [-0.2, -0.15) is 0 Å². The lowest BCUT2D eigenvalue weighted by atomic mass is 10.1. The maximum absolute atomic E-state index is 13.9. The molecule has 3 aromatic heterocycles. The summed E-state index contributed by atoms with van der Waals surface area (Å²) in [7, 11) is 0. The largest absolute Gasteiger partial charge is 0.320 e. The van der Waals surface area contributed by atoms with E-state index in [1.807, 2.05) is 109 Å². The Hall–Kier alpha value is -5.70. The van der Waals surface area contributed by atoms with Crippen LogP contribution in [-0.4, -0.2) is 43.0 Å². The average molecular weight is 606 g/mol. The van der Waals surface area contributed by atoms with Gasteiger partial charge in [-0.05, 0) is 96.8 Å². The van der Waals surface area contributed by atoms with Crippen molar-refractivity contribution in [1.82, 2.24) is 19.1 Å². The van der Waals surface area contributed by atoms with Crippen LogP contribution in [-0.2, 0) is 12.8 Å². The summed E-state index contributed by atoms with van der Waals surface area (Å²) in [5.41, 5.74) is 19.3. The van der Waals surface area contributed by atoms with Crippen LogP contribution in [0.15, 0.2) is 109 Å². The zero-order valence-electron chi connectivity index (χ0n) is 26.0. The molecule has 0 spiro atoms. The van der Waals surface area contributed by atoms with Gasteiger partial charge in [0.1, 0.15) is 0 Å². The summed E-state index contributed by atoms with van der Waals surface area (Å²) >= 11 is 0. The van der Waals surface area contributed by atoms with E-state index < -0.39 is 12.1 Å². The fraction of sp³-hybridized carbons (Fsp3) is 0.105. The van der Waals surface area contributed by atoms with Crippen LogP contribution in [0.25, 0.3) is 46.4 Å². The fourth-order valence-corrected chi connectivity index (χ4v) is 5.77. The highest BCUT2D eigenvalue weighted by molar-refractivity contribution is 5.96. The molecule has 226 valence electrons. The smallest absolute Gasteiger partial charge is 0.248 e. The number of carbonyl (C=O) groups is 2. The van der Waals surface area contributed by atoms with Crippen molar-refractivity contribution in [1.29, 1.82) is 0 Å². The summed E-state index contributed by atoms with van der Waals surface area (Å²) < 4.78 is 11.9. The molecular formula is C38H32N6O2. The number of aromatic nitrogens is 4. The van der Waals surface area contributed by atoms with Crippen molar-refractivity contribution in [2.24, 2.45) is 11.5 Å². The highest BCUT2D eigenvalue weighted by Gasteiger charge is 2.21. The first kappa shape index (κ1) is 27.8. The second kappa shape index (κ2) is 12.4. The molecular weight excluding hydrogens is 572 g/mol. The minimum atomic E-state index is -0.839. The highest BCUT2D eigenvalue weighted by atomic mass is 16.2. The van der Waals surface area contributed by atoms with Gasteiger partial charge >= 0.3 is 0 Å². The van der Waals surface area contributed by atoms with E-state index in [2.05, 4.69) is 0 Å². The molecule has 8 nitrogen and oxygen atoms in total. The van der Waals surface area contributed by atoms with Crippen molar-refractivity contribution in [3.05, 3.63) is 143 Å². The monoisotopic (exact) mass is 605 g/mol. The standard InChI is InChI=1S/C38H32N6O2/c39-35(19-25-7-3-1-4-8-25)37(45)43-31-15-16-32(43)22-28-12-14-30(42-28)24-34-18-17-33(23-29-13-11-27(21-31)41-29)44(34)38(46)36(40)20-26-9-5-2-6-10-26/h1-18,21-24,35-36H,19-20,39-40H2/t35-,36-/m0/s1/i15D. The Morgan fingerprint density at radius 1 is 0.565 bits per heavy atom. The van der Waals surface area contributed by atoms with Crippen molar-refractivity contribution in [3.8, 4) is 0 Å². The van der Waals surface area contributed by atoms with E-state index in [0.29, 0.717) is 57.7 Å². The van der Waals surface area contributed by atoms with Crippen LogP contribution >= 0.6 is 0 Å². The van der Waals surface area contributed by atoms with Gasteiger partial charge in [-0.1, -0.05) is 60.7 Å². The lowest BCUT2D eigenvalue weighted by Gasteiger charge is -2.13. The Labute approximate surface area is 267 Å². The zero-order chi connectivity index (χ0) is 32.5. The Kier molecular flexibility index (Phi) is 7.47. The molecule has 0 amide bonds. The summed E-state index contributed by atoms with van der Waals surface area (Å²) in [6.45, 7) is 0. The fourth-order valence-electron chi connectivity index (χ4n) is 5.77. The molecule has 2 aliphatic rings. The summed E-state index contributed by atoms with van der Waals surface area (Å²) in [5.74, 6) is -0.584. The van der Waals surface area contributed by atoms with Crippen LogP contribution < -0.4 is 11.5 Å². The minimum absolute atomic E-state index is 0.156. The molecule has 8 bridgehead atoms. The Morgan fingerprint density at radius 2 is 0.935 bits per heavy atom. The van der Waals surface area contributed by atoms with Crippen LogP contribution in [0.2, 0.25) is 0 Å². The minimum Gasteiger partial charge on any atom is -0.320 e. The molecule has 0 fully saturated rings. The third-order valence-corrected chi connectivity index (χ3v) is 8.02. The molecule has 4 N–H and O–H groups in total. The van der Waals surface area contributed by atoms with Gasteiger partial charge in [-0.15, -0.1) is 0 Å². The van der Waals surface area contributed by atoms with Gasteiger partial charge in [0.15, 0.2) is 0 Å². The van der Waals surface area contributed by atoms with Gasteiger partial charge in [-0.25, -0.2) is 9.97 Å². The number of carbonyl (C=O) groups excluding carboxylic acids is 2. The first-order valence-electron chi connectivity index (χ1n) is 15.6. The predicted octanol–water partition coefficient (Wildman–Crippen LogP) is 6.02. The number of rotatable bonds is 6. The molecule has 0 radical (unpaired) electrons. The van der Waals surface area contributed by atoms with E-state index in [4.69, 9.17) is 22.8 Å². The summed E-state index contributed by atoms with van der Waals surface area (Å²) in [4.78, 5) is 37.3. The Balaban J connectivity index is 1.39. The van der Waals surface area contributed by atoms with Crippen molar-refractivity contribution in [2.75, 3.05) is 0 Å². The third-order valence-electron chi connectivity index (χ3n) is 8.02. The van der Waals surface area contributed by atoms with Crippen LogP contribution in [0.1, 0.15) is 44.9 Å². The van der Waals surface area contributed by atoms with Gasteiger partial charge in [0.25, 0.3) is 0 Å². The van der Waals surface area contributed by atoms with Crippen LogP contribution in [0.3, 0.4) is 0 Å². The van der Waals surface area contributed by atoms with E-state index in [1.54, 1.807) is 22.8 Å². The molecule has 0 unspecified atom stereocenters. The van der Waals surface area contributed by atoms with E-state index in [1.165, 1.54) is 4.57 Å². The van der Waals surface area contributed by atoms with E-state index in [0.717, 1.165) is 11.1 Å². The Morgan fingerprint density at radius 3 is 1.37 bits per heavy atom. The zero-order valence-corrected chi connectivity index (χ0v) is 25.0. The van der Waals surface area contributed by atoms with Crippen molar-refractivity contribution in [2.45, 2.75) is 24.9 Å². The molecule has 46 heavy (non-hydrogen) atoms. The normalized spacial score (nSPS) is 13.7. The molecule has 0 aliphatic carbocycles. The molecule has 2 aromatic carbocycles. The number of benzene rings is 2. The van der Waals surface area contributed by atoms with E-state index >= 15 is 0 Å². The summed E-state index contributed by atoms with van der Waals surface area (Å²) in [6.07, 6.45) is 8.05. The highest BCUT2D eigenvalue weighted by Crippen LogP contribution is 2.22. The average Bonchev–Trinajstić information content (AvgIpc) is 3.86. The van der Waals surface area contributed by atoms with Crippen LogP contribution in [0.5, 0.6) is 0 Å². The molecule has 0 saturated carbocycles. The van der Waals surface area contributed by atoms with E-state index in [-0.39, 0.29) is 17.9 Å². The van der Waals surface area contributed by atoms with Crippen molar-refractivity contribution >= 4 is 58.2 Å². The number of hydrogen-bond donors (Lipinski definition) is 2. The van der Waals surface area contributed by atoms with Gasteiger partial charge in [0.05, 0.1) is 58.3 Å². The van der Waals surface area contributed by atoms with Crippen molar-refractivity contribution in [3.63, 3.8) is 0 Å². The first-order valence-corrected chi connectivity index (χ1v) is 15.1. The van der Waals surface area contributed by atoms with Crippen LogP contribution in [0, 0.1) is 0 Å². The maximum Gasteiger partial charge on any atom is 0.248 e. The second-order valence-corrected chi connectivity index (χ2v) is 11.4. The molecule has 2 aliphatic heterocycles. The molecule has 5 aromatic rings. The molecule has 8 heteroatoms. The number of nitrogens with zero attached hydrogens (tertiary/aromatic N) is 4. The topological polar surface area (TPSA) is 122 Å². The SMILES string of the molecule is [2H]c1cc2cc3nc(cc4ccc(cc5nc(cc1n2C(=O)[C@@H](N)Cc1ccccc1)C=C5)n4C(=O)[C@@H](N)Cc1ccccc1)C=C3. The molecule has 5 heterocycles.